The lowest BCUT2D eigenvalue weighted by Gasteiger charge is -2.38. The van der Waals surface area contributed by atoms with Gasteiger partial charge in [-0.2, -0.15) is 0 Å². The second-order valence-corrected chi connectivity index (χ2v) is 7.13. The Labute approximate surface area is 143 Å². The van der Waals surface area contributed by atoms with E-state index in [-0.39, 0.29) is 17.8 Å². The molecule has 3 rings (SSSR count). The first-order valence-corrected chi connectivity index (χ1v) is 9.11. The summed E-state index contributed by atoms with van der Waals surface area (Å²) in [6.45, 7) is 6.51. The predicted molar refractivity (Wildman–Crippen MR) is 93.1 cm³/mol. The van der Waals surface area contributed by atoms with Crippen molar-refractivity contribution in [1.82, 2.24) is 15.5 Å². The Bertz CT molecular complexity index is 559. The summed E-state index contributed by atoms with van der Waals surface area (Å²) >= 11 is 0. The second kappa shape index (κ2) is 8.08. The van der Waals surface area contributed by atoms with Gasteiger partial charge in [0, 0.05) is 26.1 Å². The van der Waals surface area contributed by atoms with Gasteiger partial charge in [-0.15, -0.1) is 0 Å². The van der Waals surface area contributed by atoms with Gasteiger partial charge in [-0.05, 0) is 55.5 Å². The molecule has 1 amide bonds. The van der Waals surface area contributed by atoms with Crippen molar-refractivity contribution >= 4 is 5.91 Å². The molecule has 24 heavy (non-hydrogen) atoms. The van der Waals surface area contributed by atoms with Gasteiger partial charge >= 0.3 is 0 Å². The molecule has 2 saturated heterocycles. The van der Waals surface area contributed by atoms with E-state index in [1.54, 1.807) is 12.1 Å². The van der Waals surface area contributed by atoms with Crippen LogP contribution in [0.25, 0.3) is 0 Å². The summed E-state index contributed by atoms with van der Waals surface area (Å²) < 4.78 is 13.6. The number of hydrogen-bond acceptors (Lipinski definition) is 3. The molecule has 0 spiro atoms. The number of halogens is 1. The van der Waals surface area contributed by atoms with Crippen molar-refractivity contribution in [3.63, 3.8) is 0 Å². The molecule has 1 aromatic carbocycles. The molecule has 0 radical (unpaired) electrons. The van der Waals surface area contributed by atoms with Crippen LogP contribution in [0.1, 0.15) is 37.8 Å². The molecule has 0 aromatic heterocycles. The van der Waals surface area contributed by atoms with E-state index in [2.05, 4.69) is 17.6 Å². The molecule has 2 atom stereocenters. The smallest absolute Gasteiger partial charge is 0.223 e. The highest BCUT2D eigenvalue weighted by Crippen LogP contribution is 2.28. The SMILES string of the molecule is CC(CC(=O)N1CCNCC1c1cccc(F)c1)C1CCNCC1. The topological polar surface area (TPSA) is 44.4 Å². The van der Waals surface area contributed by atoms with E-state index >= 15 is 0 Å². The molecule has 2 N–H and O–H groups in total. The average Bonchev–Trinajstić information content (AvgIpc) is 2.62. The van der Waals surface area contributed by atoms with Crippen LogP contribution in [0.3, 0.4) is 0 Å². The molecule has 2 aliphatic heterocycles. The van der Waals surface area contributed by atoms with Gasteiger partial charge in [0.05, 0.1) is 6.04 Å². The molecule has 0 bridgehead atoms. The summed E-state index contributed by atoms with van der Waals surface area (Å²) in [4.78, 5) is 14.9. The molecule has 2 unspecified atom stereocenters. The second-order valence-electron chi connectivity index (χ2n) is 7.13. The molecular formula is C19H28FN3O. The highest BCUT2D eigenvalue weighted by molar-refractivity contribution is 5.77. The molecule has 2 aliphatic rings. The summed E-state index contributed by atoms with van der Waals surface area (Å²) in [6.07, 6.45) is 2.91. The van der Waals surface area contributed by atoms with Gasteiger partial charge in [0.15, 0.2) is 0 Å². The molecule has 2 heterocycles. The van der Waals surface area contributed by atoms with Gasteiger partial charge < -0.3 is 15.5 Å². The van der Waals surface area contributed by atoms with Crippen LogP contribution in [-0.4, -0.2) is 43.5 Å². The largest absolute Gasteiger partial charge is 0.333 e. The van der Waals surface area contributed by atoms with E-state index in [0.29, 0.717) is 31.3 Å². The van der Waals surface area contributed by atoms with Crippen LogP contribution in [0.2, 0.25) is 0 Å². The number of piperidine rings is 1. The van der Waals surface area contributed by atoms with Gasteiger partial charge in [0.1, 0.15) is 5.82 Å². The van der Waals surface area contributed by atoms with Crippen LogP contribution >= 0.6 is 0 Å². The van der Waals surface area contributed by atoms with Gasteiger partial charge in [-0.1, -0.05) is 19.1 Å². The Kier molecular flexibility index (Phi) is 5.85. The monoisotopic (exact) mass is 333 g/mol. The zero-order valence-corrected chi connectivity index (χ0v) is 14.4. The Morgan fingerprint density at radius 3 is 2.83 bits per heavy atom. The van der Waals surface area contributed by atoms with Crippen LogP contribution in [0.15, 0.2) is 24.3 Å². The highest BCUT2D eigenvalue weighted by atomic mass is 19.1. The number of nitrogens with one attached hydrogen (secondary N) is 2. The van der Waals surface area contributed by atoms with Crippen molar-refractivity contribution in [2.24, 2.45) is 11.8 Å². The summed E-state index contributed by atoms with van der Waals surface area (Å²) in [5.74, 6) is 0.999. The third kappa shape index (κ3) is 4.14. The quantitative estimate of drug-likeness (QED) is 0.889. The summed E-state index contributed by atoms with van der Waals surface area (Å²) in [5.41, 5.74) is 0.880. The lowest BCUT2D eigenvalue weighted by Crippen LogP contribution is -2.49. The van der Waals surface area contributed by atoms with E-state index in [0.717, 1.165) is 38.0 Å². The Hall–Kier alpha value is -1.46. The van der Waals surface area contributed by atoms with Crippen LogP contribution < -0.4 is 10.6 Å². The molecule has 1 aromatic rings. The molecule has 4 nitrogen and oxygen atoms in total. The van der Waals surface area contributed by atoms with Crippen molar-refractivity contribution in [1.29, 1.82) is 0 Å². The average molecular weight is 333 g/mol. The number of carbonyl (C=O) groups is 1. The predicted octanol–water partition coefficient (Wildman–Crippen LogP) is 2.32. The van der Waals surface area contributed by atoms with Crippen molar-refractivity contribution in [3.8, 4) is 0 Å². The molecule has 2 fully saturated rings. The minimum Gasteiger partial charge on any atom is -0.333 e. The molecule has 0 saturated carbocycles. The summed E-state index contributed by atoms with van der Waals surface area (Å²) in [6, 6.07) is 6.57. The fourth-order valence-corrected chi connectivity index (χ4v) is 3.99. The maximum Gasteiger partial charge on any atom is 0.223 e. The number of amides is 1. The number of piperazine rings is 1. The minimum absolute atomic E-state index is 0.0674. The van der Waals surface area contributed by atoms with Crippen LogP contribution in [0, 0.1) is 17.7 Å². The van der Waals surface area contributed by atoms with E-state index < -0.39 is 0 Å². The zero-order valence-electron chi connectivity index (χ0n) is 14.4. The number of hydrogen-bond donors (Lipinski definition) is 2. The van der Waals surface area contributed by atoms with Crippen LogP contribution in [-0.2, 0) is 4.79 Å². The third-order valence-electron chi connectivity index (χ3n) is 5.48. The standard InChI is InChI=1S/C19H28FN3O/c1-14(15-5-7-21-8-6-15)11-19(24)23-10-9-22-13-18(23)16-3-2-4-17(20)12-16/h2-4,12,14-15,18,21-22H,5-11,13H2,1H3. The molecule has 5 heteroatoms. The third-order valence-corrected chi connectivity index (χ3v) is 5.48. The lowest BCUT2D eigenvalue weighted by molar-refractivity contribution is -0.136. The first kappa shape index (κ1) is 17.4. The van der Waals surface area contributed by atoms with Crippen LogP contribution in [0.4, 0.5) is 4.39 Å². The number of carbonyl (C=O) groups excluding carboxylic acids is 1. The first-order valence-electron chi connectivity index (χ1n) is 9.11. The van der Waals surface area contributed by atoms with E-state index in [1.165, 1.54) is 6.07 Å². The Balaban J connectivity index is 1.67. The molecule has 132 valence electrons. The normalized spacial score (nSPS) is 23.9. The maximum absolute atomic E-state index is 13.6. The van der Waals surface area contributed by atoms with Crippen molar-refractivity contribution in [2.45, 2.75) is 32.2 Å². The van der Waals surface area contributed by atoms with Gasteiger partial charge in [0.2, 0.25) is 5.91 Å². The van der Waals surface area contributed by atoms with E-state index in [9.17, 15) is 9.18 Å². The Morgan fingerprint density at radius 1 is 1.29 bits per heavy atom. The zero-order chi connectivity index (χ0) is 16.9. The number of benzene rings is 1. The summed E-state index contributed by atoms with van der Waals surface area (Å²) in [5, 5.41) is 6.71. The number of nitrogens with zero attached hydrogens (tertiary/aromatic N) is 1. The van der Waals surface area contributed by atoms with Gasteiger partial charge in [-0.25, -0.2) is 4.39 Å². The highest BCUT2D eigenvalue weighted by Gasteiger charge is 2.30. The number of rotatable bonds is 4. The maximum atomic E-state index is 13.6. The molecular weight excluding hydrogens is 305 g/mol. The van der Waals surface area contributed by atoms with Gasteiger partial charge in [-0.3, -0.25) is 4.79 Å². The lowest BCUT2D eigenvalue weighted by atomic mass is 9.83. The first-order chi connectivity index (χ1) is 11.6. The fraction of sp³-hybridized carbons (Fsp3) is 0.632. The van der Waals surface area contributed by atoms with Crippen molar-refractivity contribution in [2.75, 3.05) is 32.7 Å². The Morgan fingerprint density at radius 2 is 2.08 bits per heavy atom. The van der Waals surface area contributed by atoms with E-state index in [4.69, 9.17) is 0 Å². The van der Waals surface area contributed by atoms with Crippen molar-refractivity contribution < 1.29 is 9.18 Å². The summed E-state index contributed by atoms with van der Waals surface area (Å²) in [7, 11) is 0. The van der Waals surface area contributed by atoms with Crippen LogP contribution in [0.5, 0.6) is 0 Å². The molecule has 0 aliphatic carbocycles. The minimum atomic E-state index is -0.242. The van der Waals surface area contributed by atoms with Gasteiger partial charge in [0.25, 0.3) is 0 Å². The van der Waals surface area contributed by atoms with Crippen molar-refractivity contribution in [3.05, 3.63) is 35.6 Å². The van der Waals surface area contributed by atoms with E-state index in [1.807, 2.05) is 11.0 Å². The fourth-order valence-electron chi connectivity index (χ4n) is 3.99.